The van der Waals surface area contributed by atoms with Gasteiger partial charge in [0.05, 0.1) is 22.7 Å². The molecule has 0 saturated carbocycles. The van der Waals surface area contributed by atoms with Gasteiger partial charge in [-0.2, -0.15) is 0 Å². The van der Waals surface area contributed by atoms with Crippen molar-refractivity contribution in [1.29, 1.82) is 0 Å². The van der Waals surface area contributed by atoms with Gasteiger partial charge in [-0.3, -0.25) is 4.79 Å². The highest BCUT2D eigenvalue weighted by Gasteiger charge is 2.29. The van der Waals surface area contributed by atoms with Gasteiger partial charge in [0.25, 0.3) is 5.91 Å². The zero-order valence-electron chi connectivity index (χ0n) is 9.40. The van der Waals surface area contributed by atoms with Crippen LogP contribution in [0.1, 0.15) is 23.2 Å². The van der Waals surface area contributed by atoms with Crippen LogP contribution in [0.2, 0.25) is 0 Å². The largest absolute Gasteiger partial charge is 0.398 e. The maximum atomic E-state index is 12.3. The van der Waals surface area contributed by atoms with E-state index in [1.54, 1.807) is 23.1 Å². The normalized spacial score (nSPS) is 19.6. The molecule has 0 bridgehead atoms. The summed E-state index contributed by atoms with van der Waals surface area (Å²) in [6.45, 7) is 0.719. The Morgan fingerprint density at radius 2 is 2.35 bits per heavy atom. The van der Waals surface area contributed by atoms with Gasteiger partial charge in [0, 0.05) is 12.2 Å². The predicted molar refractivity (Wildman–Crippen MR) is 69.7 cm³/mol. The van der Waals surface area contributed by atoms with E-state index in [9.17, 15) is 9.90 Å². The summed E-state index contributed by atoms with van der Waals surface area (Å²) in [5.41, 5.74) is 6.87. The molecule has 1 saturated heterocycles. The van der Waals surface area contributed by atoms with Gasteiger partial charge in [0.1, 0.15) is 0 Å². The molecule has 0 radical (unpaired) electrons. The Labute approximate surface area is 109 Å². The maximum absolute atomic E-state index is 12.3. The molecule has 2 rings (SSSR count). The summed E-state index contributed by atoms with van der Waals surface area (Å²) < 4.78 is 0.633. The number of hydrogen-bond donors (Lipinski definition) is 2. The third kappa shape index (κ3) is 2.30. The minimum Gasteiger partial charge on any atom is -0.398 e. The number of nitrogens with zero attached hydrogens (tertiary/aromatic N) is 1. The first-order chi connectivity index (χ1) is 8.15. The fourth-order valence-electron chi connectivity index (χ4n) is 2.16. The molecular formula is C12H15BrN2O2. The molecule has 1 fully saturated rings. The number of aliphatic hydroxyl groups is 1. The summed E-state index contributed by atoms with van der Waals surface area (Å²) >= 11 is 3.33. The van der Waals surface area contributed by atoms with Crippen molar-refractivity contribution < 1.29 is 9.90 Å². The van der Waals surface area contributed by atoms with E-state index in [0.717, 1.165) is 12.8 Å². The highest BCUT2D eigenvalue weighted by atomic mass is 79.9. The van der Waals surface area contributed by atoms with Crippen LogP contribution in [0.3, 0.4) is 0 Å². The van der Waals surface area contributed by atoms with Crippen molar-refractivity contribution in [2.24, 2.45) is 0 Å². The molecule has 1 aromatic carbocycles. The number of rotatable bonds is 2. The van der Waals surface area contributed by atoms with E-state index in [1.807, 2.05) is 0 Å². The summed E-state index contributed by atoms with van der Waals surface area (Å²) in [5.74, 6) is -0.0688. The fraction of sp³-hybridized carbons (Fsp3) is 0.417. The average Bonchev–Trinajstić information content (AvgIpc) is 2.80. The summed E-state index contributed by atoms with van der Waals surface area (Å²) in [6.07, 6.45) is 1.80. The lowest BCUT2D eigenvalue weighted by molar-refractivity contribution is 0.0677. The number of aliphatic hydroxyl groups excluding tert-OH is 1. The number of carbonyl (C=O) groups excluding carboxylic acids is 1. The predicted octanol–water partition coefficient (Wildman–Crippen LogP) is 1.63. The molecule has 0 aromatic heterocycles. The molecule has 17 heavy (non-hydrogen) atoms. The Morgan fingerprint density at radius 3 is 3.06 bits per heavy atom. The van der Waals surface area contributed by atoms with Crippen molar-refractivity contribution in [2.45, 2.75) is 18.9 Å². The number of carbonyl (C=O) groups is 1. The van der Waals surface area contributed by atoms with Crippen molar-refractivity contribution >= 4 is 27.5 Å². The SMILES string of the molecule is Nc1cccc(C(=O)N2CCCC2CO)c1Br. The summed E-state index contributed by atoms with van der Waals surface area (Å²) in [4.78, 5) is 14.0. The first-order valence-electron chi connectivity index (χ1n) is 5.61. The zero-order valence-corrected chi connectivity index (χ0v) is 11.0. The van der Waals surface area contributed by atoms with Crippen molar-refractivity contribution in [3.8, 4) is 0 Å². The van der Waals surface area contributed by atoms with Gasteiger partial charge in [-0.25, -0.2) is 0 Å². The quantitative estimate of drug-likeness (QED) is 0.816. The van der Waals surface area contributed by atoms with Gasteiger partial charge >= 0.3 is 0 Å². The maximum Gasteiger partial charge on any atom is 0.255 e. The van der Waals surface area contributed by atoms with E-state index in [-0.39, 0.29) is 18.6 Å². The third-order valence-corrected chi connectivity index (χ3v) is 3.99. The molecule has 0 spiro atoms. The van der Waals surface area contributed by atoms with Gasteiger partial charge in [-0.1, -0.05) is 6.07 Å². The molecular weight excluding hydrogens is 284 g/mol. The highest BCUT2D eigenvalue weighted by Crippen LogP contribution is 2.27. The molecule has 4 nitrogen and oxygen atoms in total. The Kier molecular flexibility index (Phi) is 3.69. The molecule has 1 aromatic rings. The monoisotopic (exact) mass is 298 g/mol. The van der Waals surface area contributed by atoms with E-state index in [1.165, 1.54) is 0 Å². The standard InChI is InChI=1S/C12H15BrN2O2/c13-11-9(4-1-5-10(11)14)12(17)15-6-2-3-8(15)7-16/h1,4-5,8,16H,2-3,6-7,14H2. The second kappa shape index (κ2) is 5.06. The Balaban J connectivity index is 2.28. The Hall–Kier alpha value is -1.07. The lowest BCUT2D eigenvalue weighted by atomic mass is 10.1. The summed E-state index contributed by atoms with van der Waals surface area (Å²) in [6, 6.07) is 5.19. The van der Waals surface area contributed by atoms with Crippen LogP contribution in [-0.4, -0.2) is 35.1 Å². The lowest BCUT2D eigenvalue weighted by Gasteiger charge is -2.23. The molecule has 1 aliphatic rings. The van der Waals surface area contributed by atoms with Gasteiger partial charge in [0.15, 0.2) is 0 Å². The number of halogens is 1. The first-order valence-corrected chi connectivity index (χ1v) is 6.40. The minimum atomic E-state index is -0.0688. The van der Waals surface area contributed by atoms with Crippen LogP contribution < -0.4 is 5.73 Å². The number of nitrogen functional groups attached to an aromatic ring is 1. The lowest BCUT2D eigenvalue weighted by Crippen LogP contribution is -2.37. The van der Waals surface area contributed by atoms with Crippen LogP contribution in [0.4, 0.5) is 5.69 Å². The molecule has 1 unspecified atom stereocenters. The fourth-order valence-corrected chi connectivity index (χ4v) is 2.60. The van der Waals surface area contributed by atoms with E-state index in [0.29, 0.717) is 22.3 Å². The molecule has 92 valence electrons. The van der Waals surface area contributed by atoms with Crippen LogP contribution in [0.5, 0.6) is 0 Å². The van der Waals surface area contributed by atoms with Crippen molar-refractivity contribution in [2.75, 3.05) is 18.9 Å². The zero-order chi connectivity index (χ0) is 12.4. The number of anilines is 1. The second-order valence-electron chi connectivity index (χ2n) is 4.19. The van der Waals surface area contributed by atoms with Gasteiger partial charge in [-0.15, -0.1) is 0 Å². The number of amides is 1. The average molecular weight is 299 g/mol. The van der Waals surface area contributed by atoms with E-state index in [2.05, 4.69) is 15.9 Å². The Bertz CT molecular complexity index is 437. The minimum absolute atomic E-state index is 0.0195. The van der Waals surface area contributed by atoms with E-state index in [4.69, 9.17) is 5.73 Å². The van der Waals surface area contributed by atoms with Crippen LogP contribution in [0, 0.1) is 0 Å². The van der Waals surface area contributed by atoms with Gasteiger partial charge in [0.2, 0.25) is 0 Å². The number of nitrogens with two attached hydrogens (primary N) is 1. The Morgan fingerprint density at radius 1 is 1.59 bits per heavy atom. The van der Waals surface area contributed by atoms with Crippen LogP contribution >= 0.6 is 15.9 Å². The molecule has 0 aliphatic carbocycles. The van der Waals surface area contributed by atoms with Crippen molar-refractivity contribution in [3.63, 3.8) is 0 Å². The summed E-state index contributed by atoms with van der Waals surface area (Å²) in [7, 11) is 0. The smallest absolute Gasteiger partial charge is 0.255 e. The molecule has 1 aliphatic heterocycles. The number of benzene rings is 1. The molecule has 5 heteroatoms. The van der Waals surface area contributed by atoms with E-state index < -0.39 is 0 Å². The molecule has 3 N–H and O–H groups in total. The van der Waals surface area contributed by atoms with Crippen LogP contribution in [-0.2, 0) is 0 Å². The first kappa shape index (κ1) is 12.4. The van der Waals surface area contributed by atoms with E-state index >= 15 is 0 Å². The van der Waals surface area contributed by atoms with Gasteiger partial charge in [-0.05, 0) is 40.9 Å². The highest BCUT2D eigenvalue weighted by molar-refractivity contribution is 9.10. The molecule has 1 heterocycles. The van der Waals surface area contributed by atoms with Crippen LogP contribution in [0.25, 0.3) is 0 Å². The van der Waals surface area contributed by atoms with Crippen molar-refractivity contribution in [1.82, 2.24) is 4.90 Å². The summed E-state index contributed by atoms with van der Waals surface area (Å²) in [5, 5.41) is 9.23. The number of likely N-dealkylation sites (tertiary alicyclic amines) is 1. The molecule has 1 amide bonds. The van der Waals surface area contributed by atoms with Crippen molar-refractivity contribution in [3.05, 3.63) is 28.2 Å². The second-order valence-corrected chi connectivity index (χ2v) is 4.98. The molecule has 1 atom stereocenters. The third-order valence-electron chi connectivity index (χ3n) is 3.11. The topological polar surface area (TPSA) is 66.6 Å². The number of hydrogen-bond acceptors (Lipinski definition) is 3. The van der Waals surface area contributed by atoms with Gasteiger partial charge < -0.3 is 15.7 Å². The van der Waals surface area contributed by atoms with Crippen LogP contribution in [0.15, 0.2) is 22.7 Å².